The Kier molecular flexibility index (Phi) is 6.49. The number of rotatable bonds is 3. The van der Waals surface area contributed by atoms with Crippen LogP contribution in [-0.4, -0.2) is 15.0 Å². The van der Waals surface area contributed by atoms with Gasteiger partial charge in [-0.3, -0.25) is 0 Å². The maximum absolute atomic E-state index is 5.60. The molecule has 1 heterocycles. The molecule has 0 unspecified atom stereocenters. The highest BCUT2D eigenvalue weighted by atomic mass is 15.0. The number of nitrogens with zero attached hydrogens (tertiary/aromatic N) is 3. The van der Waals surface area contributed by atoms with Gasteiger partial charge in [0.2, 0.25) is 0 Å². The van der Waals surface area contributed by atoms with E-state index < -0.39 is 5.41 Å². The first-order valence-electron chi connectivity index (χ1n) is 21.0. The van der Waals surface area contributed by atoms with Gasteiger partial charge in [-0.1, -0.05) is 182 Å². The van der Waals surface area contributed by atoms with E-state index in [-0.39, 0.29) is 0 Å². The number of benzene rings is 10. The Hall–Kier alpha value is -8.01. The first kappa shape index (κ1) is 32.9. The molecular formula is C58H33N3. The molecule has 14 rings (SSSR count). The van der Waals surface area contributed by atoms with Gasteiger partial charge in [-0.05, 0) is 112 Å². The van der Waals surface area contributed by atoms with E-state index in [9.17, 15) is 0 Å². The summed E-state index contributed by atoms with van der Waals surface area (Å²) in [6.45, 7) is 0. The quantitative estimate of drug-likeness (QED) is 0.180. The molecule has 61 heavy (non-hydrogen) atoms. The van der Waals surface area contributed by atoms with Crippen molar-refractivity contribution in [3.63, 3.8) is 0 Å². The van der Waals surface area contributed by atoms with Crippen molar-refractivity contribution in [2.24, 2.45) is 0 Å². The number of fused-ring (bicyclic) bond motifs is 15. The molecule has 11 aromatic rings. The Morgan fingerprint density at radius 2 is 0.721 bits per heavy atom. The lowest BCUT2D eigenvalue weighted by Crippen LogP contribution is -2.26. The predicted molar refractivity (Wildman–Crippen MR) is 249 cm³/mol. The third kappa shape index (κ3) is 4.34. The summed E-state index contributed by atoms with van der Waals surface area (Å²) in [6.07, 6.45) is 0. The van der Waals surface area contributed by atoms with Gasteiger partial charge < -0.3 is 0 Å². The lowest BCUT2D eigenvalue weighted by atomic mass is 9.70. The van der Waals surface area contributed by atoms with Crippen LogP contribution in [0, 0.1) is 0 Å². The van der Waals surface area contributed by atoms with Crippen molar-refractivity contribution < 1.29 is 0 Å². The molecule has 0 radical (unpaired) electrons. The molecule has 3 heteroatoms. The third-order valence-electron chi connectivity index (χ3n) is 13.6. The smallest absolute Gasteiger partial charge is 0.165 e. The zero-order valence-electron chi connectivity index (χ0n) is 32.9. The topological polar surface area (TPSA) is 38.7 Å². The van der Waals surface area contributed by atoms with E-state index in [1.165, 1.54) is 88.3 Å². The summed E-state index contributed by atoms with van der Waals surface area (Å²) in [5, 5.41) is 7.16. The SMILES string of the molecule is c1ccc2c(c1)-c1ccccc1C21c2ccccc2-c2c1cc1c(c2-c2nc(-c3ccc4ccccc4c3)nc(-c3ccc4ccccc4c3)n2)-c2cccc3cccc-1c23. The molecule has 0 aliphatic heterocycles. The second kappa shape index (κ2) is 12.0. The second-order valence-electron chi connectivity index (χ2n) is 16.6. The van der Waals surface area contributed by atoms with Crippen molar-refractivity contribution in [1.29, 1.82) is 0 Å². The van der Waals surface area contributed by atoms with Crippen LogP contribution in [0.2, 0.25) is 0 Å². The fraction of sp³-hybridized carbons (Fsp3) is 0.0172. The fourth-order valence-electron chi connectivity index (χ4n) is 11.1. The van der Waals surface area contributed by atoms with Gasteiger partial charge in [0.1, 0.15) is 0 Å². The first-order valence-corrected chi connectivity index (χ1v) is 21.0. The van der Waals surface area contributed by atoms with Crippen LogP contribution in [0.4, 0.5) is 0 Å². The summed E-state index contributed by atoms with van der Waals surface area (Å²) in [7, 11) is 0. The maximum Gasteiger partial charge on any atom is 0.165 e. The van der Waals surface area contributed by atoms with Crippen LogP contribution in [-0.2, 0) is 5.41 Å². The van der Waals surface area contributed by atoms with Crippen LogP contribution < -0.4 is 0 Å². The van der Waals surface area contributed by atoms with Gasteiger partial charge >= 0.3 is 0 Å². The minimum atomic E-state index is -0.541. The highest BCUT2D eigenvalue weighted by molar-refractivity contribution is 6.21. The molecule has 0 bridgehead atoms. The Bertz CT molecular complexity index is 3580. The fourth-order valence-corrected chi connectivity index (χ4v) is 11.1. The Morgan fingerprint density at radius 1 is 0.262 bits per heavy atom. The molecule has 3 aliphatic carbocycles. The Balaban J connectivity index is 1.15. The standard InChI is InChI=1S/C58H33N3/c1-3-15-37-31-39(29-27-34(37)13-1)55-59-56(40-30-28-35-14-2-4-16-38(35)32-40)61-57(60-55)54-52-45-23-12-18-36-17-11-22-43(51(36)45)46(52)33-50-53(54)44-21-7-10-26-49(44)58(50)47-24-8-5-19-41(47)42-20-6-9-25-48(42)58/h1-33H. The van der Waals surface area contributed by atoms with E-state index in [0.717, 1.165) is 27.5 Å². The van der Waals surface area contributed by atoms with E-state index in [0.29, 0.717) is 17.5 Å². The summed E-state index contributed by atoms with van der Waals surface area (Å²) in [4.78, 5) is 16.5. The number of hydrogen-bond donors (Lipinski definition) is 0. The average molecular weight is 772 g/mol. The van der Waals surface area contributed by atoms with E-state index in [2.05, 4.69) is 200 Å². The summed E-state index contributed by atoms with van der Waals surface area (Å²) < 4.78 is 0. The third-order valence-corrected chi connectivity index (χ3v) is 13.6. The maximum atomic E-state index is 5.60. The van der Waals surface area contributed by atoms with E-state index in [1.54, 1.807) is 0 Å². The molecule has 3 nitrogen and oxygen atoms in total. The van der Waals surface area contributed by atoms with Crippen molar-refractivity contribution in [1.82, 2.24) is 15.0 Å². The molecule has 1 spiro atoms. The molecule has 10 aromatic carbocycles. The minimum absolute atomic E-state index is 0.541. The molecule has 0 atom stereocenters. The average Bonchev–Trinajstić information content (AvgIpc) is 3.93. The van der Waals surface area contributed by atoms with Crippen molar-refractivity contribution in [2.75, 3.05) is 0 Å². The second-order valence-corrected chi connectivity index (χ2v) is 16.6. The normalized spacial score (nSPS) is 13.4. The molecule has 0 N–H and O–H groups in total. The van der Waals surface area contributed by atoms with Gasteiger partial charge in [0, 0.05) is 22.3 Å². The molecular weight excluding hydrogens is 739 g/mol. The van der Waals surface area contributed by atoms with Crippen molar-refractivity contribution in [3.8, 4) is 78.7 Å². The molecule has 3 aliphatic rings. The number of hydrogen-bond acceptors (Lipinski definition) is 3. The van der Waals surface area contributed by atoms with Gasteiger partial charge in [0.25, 0.3) is 0 Å². The van der Waals surface area contributed by atoms with Gasteiger partial charge in [-0.15, -0.1) is 0 Å². The van der Waals surface area contributed by atoms with Crippen molar-refractivity contribution in [2.45, 2.75) is 5.41 Å². The van der Waals surface area contributed by atoms with Crippen LogP contribution in [0.5, 0.6) is 0 Å². The Labute approximate surface area is 352 Å². The highest BCUT2D eigenvalue weighted by Gasteiger charge is 2.53. The van der Waals surface area contributed by atoms with Crippen LogP contribution >= 0.6 is 0 Å². The van der Waals surface area contributed by atoms with E-state index in [1.807, 2.05) is 0 Å². The zero-order chi connectivity index (χ0) is 39.8. The molecule has 0 saturated carbocycles. The molecule has 280 valence electrons. The van der Waals surface area contributed by atoms with Gasteiger partial charge in [-0.25, -0.2) is 15.0 Å². The molecule has 0 amide bonds. The first-order chi connectivity index (χ1) is 30.2. The van der Waals surface area contributed by atoms with E-state index >= 15 is 0 Å². The summed E-state index contributed by atoms with van der Waals surface area (Å²) in [5.74, 6) is 1.97. The van der Waals surface area contributed by atoms with Crippen LogP contribution in [0.3, 0.4) is 0 Å². The Morgan fingerprint density at radius 3 is 1.33 bits per heavy atom. The largest absolute Gasteiger partial charge is 0.208 e. The van der Waals surface area contributed by atoms with Gasteiger partial charge in [0.05, 0.1) is 5.41 Å². The van der Waals surface area contributed by atoms with Crippen LogP contribution in [0.25, 0.3) is 111 Å². The molecule has 0 saturated heterocycles. The van der Waals surface area contributed by atoms with Crippen molar-refractivity contribution in [3.05, 3.63) is 222 Å². The van der Waals surface area contributed by atoms with Gasteiger partial charge in [0.15, 0.2) is 17.5 Å². The monoisotopic (exact) mass is 771 g/mol. The summed E-state index contributed by atoms with van der Waals surface area (Å²) >= 11 is 0. The minimum Gasteiger partial charge on any atom is -0.208 e. The molecule has 0 fully saturated rings. The highest BCUT2D eigenvalue weighted by Crippen LogP contribution is 2.67. The van der Waals surface area contributed by atoms with Crippen LogP contribution in [0.15, 0.2) is 200 Å². The summed E-state index contributed by atoms with van der Waals surface area (Å²) in [6, 6.07) is 73.2. The van der Waals surface area contributed by atoms with E-state index in [4.69, 9.17) is 15.0 Å². The lowest BCUT2D eigenvalue weighted by molar-refractivity contribution is 0.794. The van der Waals surface area contributed by atoms with Gasteiger partial charge in [-0.2, -0.15) is 0 Å². The summed E-state index contributed by atoms with van der Waals surface area (Å²) in [5.41, 5.74) is 17.4. The predicted octanol–water partition coefficient (Wildman–Crippen LogP) is 14.3. The number of aromatic nitrogens is 3. The zero-order valence-corrected chi connectivity index (χ0v) is 32.9. The van der Waals surface area contributed by atoms with Crippen molar-refractivity contribution >= 4 is 32.3 Å². The van der Waals surface area contributed by atoms with Crippen LogP contribution in [0.1, 0.15) is 22.3 Å². The molecule has 1 aromatic heterocycles. The lowest BCUT2D eigenvalue weighted by Gasteiger charge is -2.31.